The predicted molar refractivity (Wildman–Crippen MR) is 84.6 cm³/mol. The molecule has 1 aliphatic heterocycles. The predicted octanol–water partition coefficient (Wildman–Crippen LogP) is 2.43. The quantitative estimate of drug-likeness (QED) is 0.892. The molecule has 112 valence electrons. The number of ether oxygens (including phenoxy) is 2. The molecule has 20 heavy (non-hydrogen) atoms. The second-order valence-corrected chi connectivity index (χ2v) is 7.14. The fourth-order valence-corrected chi connectivity index (χ4v) is 2.90. The van der Waals surface area contributed by atoms with Crippen LogP contribution in [0.2, 0.25) is 0 Å². The van der Waals surface area contributed by atoms with Crippen molar-refractivity contribution in [2.75, 3.05) is 27.2 Å². The fourth-order valence-electron chi connectivity index (χ4n) is 2.41. The Morgan fingerprint density at radius 2 is 2.05 bits per heavy atom. The Morgan fingerprint density at radius 3 is 2.55 bits per heavy atom. The van der Waals surface area contributed by atoms with Crippen LogP contribution in [-0.2, 0) is 6.42 Å². The van der Waals surface area contributed by atoms with Crippen molar-refractivity contribution in [1.82, 2.24) is 4.90 Å². The van der Waals surface area contributed by atoms with Gasteiger partial charge in [-0.25, -0.2) is 0 Å². The zero-order valence-electron chi connectivity index (χ0n) is 12.6. The molecule has 1 aromatic carbocycles. The van der Waals surface area contributed by atoms with Crippen molar-refractivity contribution in [3.05, 3.63) is 22.2 Å². The summed E-state index contributed by atoms with van der Waals surface area (Å²) in [5.41, 5.74) is 6.95. The first kappa shape index (κ1) is 15.6. The maximum Gasteiger partial charge on any atom is 0.165 e. The molecule has 0 spiro atoms. The van der Waals surface area contributed by atoms with E-state index < -0.39 is 0 Å². The van der Waals surface area contributed by atoms with Gasteiger partial charge in [0, 0.05) is 28.7 Å². The van der Waals surface area contributed by atoms with Crippen molar-refractivity contribution in [1.29, 1.82) is 0 Å². The Hall–Kier alpha value is -0.780. The zero-order chi connectivity index (χ0) is 14.9. The summed E-state index contributed by atoms with van der Waals surface area (Å²) in [6.45, 7) is 5.93. The maximum absolute atomic E-state index is 6.16. The van der Waals surface area contributed by atoms with E-state index in [1.807, 2.05) is 19.9 Å². The van der Waals surface area contributed by atoms with Gasteiger partial charge in [0.05, 0.1) is 7.11 Å². The van der Waals surface area contributed by atoms with Crippen LogP contribution in [0.15, 0.2) is 16.6 Å². The third-order valence-electron chi connectivity index (χ3n) is 3.28. The molecule has 0 bridgehead atoms. The highest BCUT2D eigenvalue weighted by molar-refractivity contribution is 9.10. The normalized spacial score (nSPS) is 16.9. The summed E-state index contributed by atoms with van der Waals surface area (Å²) in [5, 5.41) is 0. The fraction of sp³-hybridized carbons (Fsp3) is 0.600. The van der Waals surface area contributed by atoms with E-state index in [2.05, 4.69) is 33.9 Å². The highest BCUT2D eigenvalue weighted by atomic mass is 79.9. The van der Waals surface area contributed by atoms with E-state index in [9.17, 15) is 0 Å². The Kier molecular flexibility index (Phi) is 4.62. The average molecular weight is 343 g/mol. The summed E-state index contributed by atoms with van der Waals surface area (Å²) in [5.74, 6) is 1.58. The summed E-state index contributed by atoms with van der Waals surface area (Å²) in [7, 11) is 3.75. The molecule has 1 aliphatic rings. The van der Waals surface area contributed by atoms with Crippen LogP contribution in [0.1, 0.15) is 19.4 Å². The lowest BCUT2D eigenvalue weighted by Crippen LogP contribution is -2.51. The highest BCUT2D eigenvalue weighted by Gasteiger charge is 2.28. The van der Waals surface area contributed by atoms with Crippen molar-refractivity contribution in [3.8, 4) is 11.5 Å². The molecule has 1 saturated heterocycles. The minimum atomic E-state index is -0.291. The highest BCUT2D eigenvalue weighted by Crippen LogP contribution is 2.37. The Labute approximate surface area is 129 Å². The molecule has 5 heteroatoms. The van der Waals surface area contributed by atoms with Crippen LogP contribution in [-0.4, -0.2) is 43.8 Å². The minimum absolute atomic E-state index is 0.231. The monoisotopic (exact) mass is 342 g/mol. The molecule has 0 saturated carbocycles. The second-order valence-electron chi connectivity index (χ2n) is 6.22. The van der Waals surface area contributed by atoms with Gasteiger partial charge in [-0.3, -0.25) is 4.90 Å². The van der Waals surface area contributed by atoms with Gasteiger partial charge in [-0.05, 0) is 39.4 Å². The van der Waals surface area contributed by atoms with Crippen molar-refractivity contribution < 1.29 is 9.47 Å². The number of nitrogens with two attached hydrogens (primary N) is 1. The van der Waals surface area contributed by atoms with E-state index >= 15 is 0 Å². The Bertz CT molecular complexity index is 479. The molecule has 0 aliphatic carbocycles. The molecule has 1 aromatic rings. The molecule has 0 amide bonds. The van der Waals surface area contributed by atoms with E-state index in [1.54, 1.807) is 7.11 Å². The van der Waals surface area contributed by atoms with E-state index in [4.69, 9.17) is 15.2 Å². The molecule has 2 N–H and O–H groups in total. The van der Waals surface area contributed by atoms with Crippen LogP contribution in [0.25, 0.3) is 0 Å². The zero-order valence-corrected chi connectivity index (χ0v) is 14.2. The summed E-state index contributed by atoms with van der Waals surface area (Å²) < 4.78 is 12.6. The van der Waals surface area contributed by atoms with Gasteiger partial charge < -0.3 is 15.2 Å². The second kappa shape index (κ2) is 5.92. The standard InChI is InChI=1S/C15H23BrN2O2/c1-15(2,17)7-10-5-11(16)6-13(19-4)14(10)20-12-8-18(3)9-12/h5-6,12H,7-9,17H2,1-4H3. The number of rotatable bonds is 5. The number of likely N-dealkylation sites (tertiary alicyclic amines) is 1. The summed E-state index contributed by atoms with van der Waals surface area (Å²) >= 11 is 3.52. The largest absolute Gasteiger partial charge is 0.493 e. The molecular weight excluding hydrogens is 320 g/mol. The summed E-state index contributed by atoms with van der Waals surface area (Å²) in [6, 6.07) is 4.00. The first-order valence-electron chi connectivity index (χ1n) is 6.79. The average Bonchev–Trinajstić information content (AvgIpc) is 2.27. The number of benzene rings is 1. The molecule has 1 fully saturated rings. The van der Waals surface area contributed by atoms with Gasteiger partial charge in [0.1, 0.15) is 6.10 Å². The molecule has 0 aromatic heterocycles. The molecular formula is C15H23BrN2O2. The first-order valence-corrected chi connectivity index (χ1v) is 7.58. The van der Waals surface area contributed by atoms with Gasteiger partial charge >= 0.3 is 0 Å². The Morgan fingerprint density at radius 1 is 1.40 bits per heavy atom. The van der Waals surface area contributed by atoms with Gasteiger partial charge in [-0.1, -0.05) is 15.9 Å². The minimum Gasteiger partial charge on any atom is -0.493 e. The third-order valence-corrected chi connectivity index (χ3v) is 3.74. The van der Waals surface area contributed by atoms with Gasteiger partial charge in [0.2, 0.25) is 0 Å². The Balaban J connectivity index is 2.29. The summed E-state index contributed by atoms with van der Waals surface area (Å²) in [4.78, 5) is 2.22. The number of nitrogens with zero attached hydrogens (tertiary/aromatic N) is 1. The van der Waals surface area contributed by atoms with Crippen molar-refractivity contribution in [2.24, 2.45) is 5.73 Å². The SMILES string of the molecule is COc1cc(Br)cc(CC(C)(C)N)c1OC1CN(C)C1. The molecule has 0 unspecified atom stereocenters. The van der Waals surface area contributed by atoms with Crippen molar-refractivity contribution in [2.45, 2.75) is 31.9 Å². The number of hydrogen-bond acceptors (Lipinski definition) is 4. The van der Waals surface area contributed by atoms with E-state index in [-0.39, 0.29) is 11.6 Å². The van der Waals surface area contributed by atoms with Gasteiger partial charge in [-0.2, -0.15) is 0 Å². The first-order chi connectivity index (χ1) is 9.28. The van der Waals surface area contributed by atoms with E-state index in [0.29, 0.717) is 0 Å². The molecule has 0 atom stereocenters. The molecule has 2 rings (SSSR count). The third kappa shape index (κ3) is 3.87. The van der Waals surface area contributed by atoms with Crippen LogP contribution < -0.4 is 15.2 Å². The molecule has 0 radical (unpaired) electrons. The molecule has 1 heterocycles. The lowest BCUT2D eigenvalue weighted by atomic mass is 9.95. The van der Waals surface area contributed by atoms with Gasteiger partial charge in [0.25, 0.3) is 0 Å². The van der Waals surface area contributed by atoms with Gasteiger partial charge in [-0.15, -0.1) is 0 Å². The number of halogens is 1. The summed E-state index contributed by atoms with van der Waals surface area (Å²) in [6.07, 6.45) is 0.968. The lowest BCUT2D eigenvalue weighted by molar-refractivity contribution is 0.0361. The van der Waals surface area contributed by atoms with Crippen LogP contribution >= 0.6 is 15.9 Å². The van der Waals surface area contributed by atoms with Crippen molar-refractivity contribution >= 4 is 15.9 Å². The van der Waals surface area contributed by atoms with E-state index in [1.165, 1.54) is 0 Å². The smallest absolute Gasteiger partial charge is 0.165 e. The van der Waals surface area contributed by atoms with E-state index in [0.717, 1.165) is 41.0 Å². The number of likely N-dealkylation sites (N-methyl/N-ethyl adjacent to an activating group) is 1. The van der Waals surface area contributed by atoms with Crippen LogP contribution in [0, 0.1) is 0 Å². The van der Waals surface area contributed by atoms with Crippen LogP contribution in [0.5, 0.6) is 11.5 Å². The maximum atomic E-state index is 6.16. The lowest BCUT2D eigenvalue weighted by Gasteiger charge is -2.37. The van der Waals surface area contributed by atoms with Crippen molar-refractivity contribution in [3.63, 3.8) is 0 Å². The van der Waals surface area contributed by atoms with Crippen LogP contribution in [0.3, 0.4) is 0 Å². The van der Waals surface area contributed by atoms with Crippen LogP contribution in [0.4, 0.5) is 0 Å². The number of hydrogen-bond donors (Lipinski definition) is 1. The topological polar surface area (TPSA) is 47.7 Å². The number of methoxy groups -OCH3 is 1. The molecule has 4 nitrogen and oxygen atoms in total. The van der Waals surface area contributed by atoms with Gasteiger partial charge in [0.15, 0.2) is 11.5 Å².